The molecule has 100 valence electrons. The molecule has 7 heteroatoms. The lowest BCUT2D eigenvalue weighted by atomic mass is 10.1. The Kier molecular flexibility index (Phi) is 4.49. The fraction of sp³-hybridized carbons (Fsp3) is 0.250. The van der Waals surface area contributed by atoms with Gasteiger partial charge in [-0.1, -0.05) is 29.2 Å². The van der Waals surface area contributed by atoms with Crippen LogP contribution < -0.4 is 0 Å². The molecule has 0 unspecified atom stereocenters. The highest BCUT2D eigenvalue weighted by atomic mass is 32.2. The molecule has 0 saturated heterocycles. The van der Waals surface area contributed by atoms with Crippen molar-refractivity contribution in [3.8, 4) is 0 Å². The average molecular weight is 298 g/mol. The molecule has 1 heterocycles. The summed E-state index contributed by atoms with van der Waals surface area (Å²) in [6.45, 7) is 1.88. The van der Waals surface area contributed by atoms with Crippen LogP contribution in [-0.2, 0) is 10.5 Å². The monoisotopic (exact) mass is 298 g/mol. The van der Waals surface area contributed by atoms with Crippen LogP contribution in [0.4, 0.5) is 4.39 Å². The lowest BCUT2D eigenvalue weighted by molar-refractivity contribution is 0.0595. The number of aromatic nitrogens is 2. The van der Waals surface area contributed by atoms with E-state index in [2.05, 4.69) is 14.9 Å². The van der Waals surface area contributed by atoms with Gasteiger partial charge in [0.1, 0.15) is 10.8 Å². The molecule has 0 aliphatic rings. The topological polar surface area (TPSA) is 52.1 Å². The van der Waals surface area contributed by atoms with Crippen molar-refractivity contribution in [2.24, 2.45) is 0 Å². The Bertz CT molecular complexity index is 601. The molecule has 0 aliphatic heterocycles. The molecule has 2 rings (SSSR count). The van der Waals surface area contributed by atoms with Gasteiger partial charge in [-0.15, -0.1) is 10.2 Å². The number of aryl methyl sites for hydroxylation is 1. The quantitative estimate of drug-likeness (QED) is 0.641. The third-order valence-electron chi connectivity index (χ3n) is 2.31. The maximum Gasteiger partial charge on any atom is 0.340 e. The minimum absolute atomic E-state index is 0.0528. The number of ether oxygens (including phenoxy) is 1. The number of benzene rings is 1. The maximum atomic E-state index is 13.7. The summed E-state index contributed by atoms with van der Waals surface area (Å²) < 4.78 is 19.0. The first-order valence-corrected chi connectivity index (χ1v) is 7.20. The Hall–Kier alpha value is -1.47. The SMILES string of the molecule is COC(=O)c1ccc(CSc2nnc(C)s2)cc1F. The van der Waals surface area contributed by atoms with Crippen molar-refractivity contribution in [2.75, 3.05) is 7.11 Å². The lowest BCUT2D eigenvalue weighted by Gasteiger charge is -2.03. The van der Waals surface area contributed by atoms with Crippen molar-refractivity contribution < 1.29 is 13.9 Å². The van der Waals surface area contributed by atoms with Gasteiger partial charge in [0, 0.05) is 5.75 Å². The molecule has 0 bridgehead atoms. The van der Waals surface area contributed by atoms with E-state index in [-0.39, 0.29) is 5.56 Å². The molecule has 0 N–H and O–H groups in total. The number of thioether (sulfide) groups is 1. The Balaban J connectivity index is 2.06. The minimum atomic E-state index is -0.670. The third kappa shape index (κ3) is 3.51. The number of carbonyl (C=O) groups is 1. The van der Waals surface area contributed by atoms with Gasteiger partial charge in [-0.3, -0.25) is 0 Å². The molecule has 4 nitrogen and oxygen atoms in total. The summed E-state index contributed by atoms with van der Waals surface area (Å²) in [5.74, 6) is -0.664. The van der Waals surface area contributed by atoms with E-state index in [0.717, 1.165) is 14.9 Å². The van der Waals surface area contributed by atoms with Crippen LogP contribution in [-0.4, -0.2) is 23.3 Å². The molecule has 2 aromatic rings. The number of carbonyl (C=O) groups excluding carboxylic acids is 1. The van der Waals surface area contributed by atoms with E-state index in [4.69, 9.17) is 0 Å². The highest BCUT2D eigenvalue weighted by Crippen LogP contribution is 2.26. The minimum Gasteiger partial charge on any atom is -0.465 e. The molecule has 0 saturated carbocycles. The van der Waals surface area contributed by atoms with Crippen LogP contribution in [0.5, 0.6) is 0 Å². The zero-order valence-electron chi connectivity index (χ0n) is 10.3. The van der Waals surface area contributed by atoms with Gasteiger partial charge in [0.2, 0.25) is 0 Å². The predicted octanol–water partition coefficient (Wildman–Crippen LogP) is 3.06. The standard InChI is InChI=1S/C12H11FN2O2S2/c1-7-14-15-12(19-7)18-6-8-3-4-9(10(13)5-8)11(16)17-2/h3-5H,6H2,1-2H3. The zero-order chi connectivity index (χ0) is 13.8. The second-order valence-corrected chi connectivity index (χ2v) is 6.09. The number of esters is 1. The van der Waals surface area contributed by atoms with E-state index >= 15 is 0 Å². The first-order valence-electron chi connectivity index (χ1n) is 5.40. The number of hydrogen-bond donors (Lipinski definition) is 0. The second-order valence-electron chi connectivity index (χ2n) is 3.68. The Labute approximate surface area is 118 Å². The van der Waals surface area contributed by atoms with Gasteiger partial charge in [-0.25, -0.2) is 9.18 Å². The van der Waals surface area contributed by atoms with E-state index in [0.29, 0.717) is 5.75 Å². The third-order valence-corrected chi connectivity index (χ3v) is 4.35. The van der Waals surface area contributed by atoms with Crippen LogP contribution in [0.15, 0.2) is 22.5 Å². The van der Waals surface area contributed by atoms with Gasteiger partial charge in [-0.2, -0.15) is 0 Å². The molecule has 1 aromatic heterocycles. The predicted molar refractivity (Wildman–Crippen MR) is 71.9 cm³/mol. The number of methoxy groups -OCH3 is 1. The molecular formula is C12H11FN2O2S2. The molecule has 0 radical (unpaired) electrons. The highest BCUT2D eigenvalue weighted by molar-refractivity contribution is 8.00. The molecule has 0 aliphatic carbocycles. The maximum absolute atomic E-state index is 13.7. The van der Waals surface area contributed by atoms with Crippen LogP contribution in [0.2, 0.25) is 0 Å². The van der Waals surface area contributed by atoms with Gasteiger partial charge in [0.15, 0.2) is 4.34 Å². The largest absolute Gasteiger partial charge is 0.465 e. The summed E-state index contributed by atoms with van der Waals surface area (Å²) >= 11 is 2.98. The number of nitrogens with zero attached hydrogens (tertiary/aromatic N) is 2. The summed E-state index contributed by atoms with van der Waals surface area (Å²) in [7, 11) is 1.23. The number of hydrogen-bond acceptors (Lipinski definition) is 6. The fourth-order valence-corrected chi connectivity index (χ4v) is 3.16. The molecule has 19 heavy (non-hydrogen) atoms. The lowest BCUT2D eigenvalue weighted by Crippen LogP contribution is -2.04. The van der Waals surface area contributed by atoms with E-state index in [9.17, 15) is 9.18 Å². The van der Waals surface area contributed by atoms with E-state index in [1.807, 2.05) is 6.92 Å². The Morgan fingerprint density at radius 3 is 2.84 bits per heavy atom. The zero-order valence-corrected chi connectivity index (χ0v) is 12.0. The molecule has 0 fully saturated rings. The molecule has 0 amide bonds. The van der Waals surface area contributed by atoms with Gasteiger partial charge in [0.25, 0.3) is 0 Å². The van der Waals surface area contributed by atoms with Crippen LogP contribution >= 0.6 is 23.1 Å². The molecule has 1 aromatic carbocycles. The van der Waals surface area contributed by atoms with Crippen molar-refractivity contribution in [3.63, 3.8) is 0 Å². The van der Waals surface area contributed by atoms with Crippen LogP contribution in [0.25, 0.3) is 0 Å². The number of rotatable bonds is 4. The Morgan fingerprint density at radius 1 is 1.47 bits per heavy atom. The van der Waals surface area contributed by atoms with Crippen LogP contribution in [0.1, 0.15) is 20.9 Å². The normalized spacial score (nSPS) is 10.5. The summed E-state index contributed by atoms with van der Waals surface area (Å²) in [6, 6.07) is 4.48. The summed E-state index contributed by atoms with van der Waals surface area (Å²) in [4.78, 5) is 11.2. The van der Waals surface area contributed by atoms with Gasteiger partial charge in [-0.05, 0) is 24.6 Å². The molecule has 0 spiro atoms. The average Bonchev–Trinajstić information content (AvgIpc) is 2.81. The summed E-state index contributed by atoms with van der Waals surface area (Å²) in [6.07, 6.45) is 0. The molecular weight excluding hydrogens is 287 g/mol. The summed E-state index contributed by atoms with van der Waals surface area (Å²) in [5, 5.41) is 8.78. The van der Waals surface area contributed by atoms with Crippen molar-refractivity contribution in [2.45, 2.75) is 17.0 Å². The van der Waals surface area contributed by atoms with E-state index in [1.165, 1.54) is 42.3 Å². The van der Waals surface area contributed by atoms with Crippen molar-refractivity contribution >= 4 is 29.1 Å². The first kappa shape index (κ1) is 14.0. The van der Waals surface area contributed by atoms with Crippen molar-refractivity contribution in [1.29, 1.82) is 0 Å². The van der Waals surface area contributed by atoms with Crippen molar-refractivity contribution in [1.82, 2.24) is 10.2 Å². The fourth-order valence-electron chi connectivity index (χ4n) is 1.41. The number of halogens is 1. The van der Waals surface area contributed by atoms with Gasteiger partial charge < -0.3 is 4.74 Å². The smallest absolute Gasteiger partial charge is 0.340 e. The highest BCUT2D eigenvalue weighted by Gasteiger charge is 2.12. The van der Waals surface area contributed by atoms with Crippen LogP contribution in [0, 0.1) is 12.7 Å². The first-order chi connectivity index (χ1) is 9.10. The van der Waals surface area contributed by atoms with Crippen molar-refractivity contribution in [3.05, 3.63) is 40.2 Å². The van der Waals surface area contributed by atoms with E-state index in [1.54, 1.807) is 6.07 Å². The summed E-state index contributed by atoms with van der Waals surface area (Å²) in [5.41, 5.74) is 0.728. The Morgan fingerprint density at radius 2 is 2.26 bits per heavy atom. The second kappa shape index (κ2) is 6.12. The van der Waals surface area contributed by atoms with Gasteiger partial charge >= 0.3 is 5.97 Å². The molecule has 0 atom stereocenters. The van der Waals surface area contributed by atoms with E-state index < -0.39 is 11.8 Å². The van der Waals surface area contributed by atoms with Crippen LogP contribution in [0.3, 0.4) is 0 Å². The van der Waals surface area contributed by atoms with Gasteiger partial charge in [0.05, 0.1) is 12.7 Å².